The molecule has 2 aromatic heterocycles. The van der Waals surface area contributed by atoms with Gasteiger partial charge >= 0.3 is 12.1 Å². The van der Waals surface area contributed by atoms with Crippen LogP contribution in [0.3, 0.4) is 0 Å². The number of rotatable bonds is 22. The van der Waals surface area contributed by atoms with Crippen LogP contribution in [0.15, 0.2) is 48.5 Å². The number of carbonyl (C=O) groups excluding carboxylic acids is 2. The number of hydrogen-bond donors (Lipinski definition) is 1. The highest BCUT2D eigenvalue weighted by Crippen LogP contribution is 2.34. The largest absolute Gasteiger partial charge is 0.511 e. The molecule has 2 aliphatic heterocycles. The van der Waals surface area contributed by atoms with Gasteiger partial charge in [-0.3, -0.25) is 0 Å². The number of halogens is 1. The monoisotopic (exact) mass is 886 g/mol. The Kier molecular flexibility index (Phi) is 15.2. The van der Waals surface area contributed by atoms with E-state index in [4.69, 9.17) is 40.0 Å². The number of imidazole rings is 1. The summed E-state index contributed by atoms with van der Waals surface area (Å²) >= 11 is 6.56. The number of tetrazole rings is 1. The number of nitrogens with one attached hydrogen (secondary N) is 1. The number of hydrogen-bond acceptors (Lipinski definition) is 18. The zero-order valence-electron chi connectivity index (χ0n) is 34.4. The maximum atomic E-state index is 13.6. The van der Waals surface area contributed by atoms with E-state index in [9.17, 15) is 29.8 Å². The van der Waals surface area contributed by atoms with Crippen LogP contribution in [0, 0.1) is 25.6 Å². The molecule has 334 valence electrons. The van der Waals surface area contributed by atoms with Gasteiger partial charge in [0.05, 0.1) is 13.2 Å². The van der Waals surface area contributed by atoms with Crippen LogP contribution in [0.5, 0.6) is 0 Å². The van der Waals surface area contributed by atoms with Crippen molar-refractivity contribution in [2.75, 3.05) is 26.4 Å². The molecule has 1 N–H and O–H groups in total. The lowest BCUT2D eigenvalue weighted by Crippen LogP contribution is -2.36. The Balaban J connectivity index is 1.01. The topological polar surface area (TPSA) is 267 Å². The number of unbranched alkanes of at least 4 members (excludes halogenated alkanes) is 1. The van der Waals surface area contributed by atoms with Crippen molar-refractivity contribution < 1.29 is 57.9 Å². The number of esters is 1. The standard InChI is InChI=1S/C39H47ClN8O14/c1-5-6-11-31-41-35(40)32(46(31)19-24-12-14-25(15-13-24)27-9-7-8-10-28(27)36-42-44-45-43-36)37(49)59-23(2)60-38(50)61-30-22-57-33-29(21-56-34(30)33)55-17-16-39(3,4)18-26(62-48(53)54)20-58-47(51)52/h7-10,12-15,23,26,29-30,33-34H,5-6,11,16-22H2,1-4H3,(H,42,43,44,45)/t23?,26-,29+,30+,33?,34?/m0/s1. The fourth-order valence-corrected chi connectivity index (χ4v) is 7.60. The van der Waals surface area contributed by atoms with Gasteiger partial charge in [0.1, 0.15) is 36.8 Å². The van der Waals surface area contributed by atoms with Gasteiger partial charge in [0.15, 0.2) is 17.0 Å². The van der Waals surface area contributed by atoms with Crippen LogP contribution in [-0.2, 0) is 51.1 Å². The van der Waals surface area contributed by atoms with Crippen molar-refractivity contribution in [1.82, 2.24) is 30.2 Å². The van der Waals surface area contributed by atoms with E-state index in [1.807, 2.05) is 69.3 Å². The van der Waals surface area contributed by atoms with Gasteiger partial charge in [-0.2, -0.15) is 5.21 Å². The van der Waals surface area contributed by atoms with E-state index in [0.29, 0.717) is 24.5 Å². The molecule has 0 bridgehead atoms. The van der Waals surface area contributed by atoms with E-state index in [1.54, 1.807) is 4.57 Å². The second kappa shape index (κ2) is 20.7. The van der Waals surface area contributed by atoms with Gasteiger partial charge in [-0.15, -0.1) is 30.4 Å². The zero-order valence-corrected chi connectivity index (χ0v) is 35.1. The van der Waals surface area contributed by atoms with Crippen molar-refractivity contribution in [2.24, 2.45) is 5.41 Å². The summed E-state index contributed by atoms with van der Waals surface area (Å²) in [5.41, 5.74) is 2.92. The third-order valence-electron chi connectivity index (χ3n) is 10.3. The minimum atomic E-state index is -1.38. The minimum absolute atomic E-state index is 0.00232. The van der Waals surface area contributed by atoms with Crippen molar-refractivity contribution in [1.29, 1.82) is 0 Å². The summed E-state index contributed by atoms with van der Waals surface area (Å²) < 4.78 is 35.8. The Morgan fingerprint density at radius 3 is 2.40 bits per heavy atom. The number of H-pyrrole nitrogens is 1. The van der Waals surface area contributed by atoms with E-state index in [0.717, 1.165) is 35.1 Å². The Bertz CT molecular complexity index is 2150. The second-order valence-electron chi connectivity index (χ2n) is 15.4. The summed E-state index contributed by atoms with van der Waals surface area (Å²) in [6, 6.07) is 15.5. The third kappa shape index (κ3) is 11.9. The average Bonchev–Trinajstić information content (AvgIpc) is 4.03. The molecular weight excluding hydrogens is 840 g/mol. The van der Waals surface area contributed by atoms with Gasteiger partial charge in [0.2, 0.25) is 12.1 Å². The molecule has 4 heterocycles. The fourth-order valence-electron chi connectivity index (χ4n) is 7.32. The molecule has 0 amide bonds. The number of nitrogens with zero attached hydrogens (tertiary/aromatic N) is 7. The van der Waals surface area contributed by atoms with Crippen molar-refractivity contribution >= 4 is 23.7 Å². The number of ether oxygens (including phenoxy) is 6. The van der Waals surface area contributed by atoms with Gasteiger partial charge in [0.25, 0.3) is 10.2 Å². The molecule has 22 nitrogen and oxygen atoms in total. The van der Waals surface area contributed by atoms with Crippen molar-refractivity contribution in [3.8, 4) is 22.5 Å². The predicted octanol–water partition coefficient (Wildman–Crippen LogP) is 5.57. The van der Waals surface area contributed by atoms with Crippen LogP contribution < -0.4 is 0 Å². The fraction of sp³-hybridized carbons (Fsp3) is 0.538. The van der Waals surface area contributed by atoms with Crippen molar-refractivity contribution in [3.05, 3.63) is 91.0 Å². The SMILES string of the molecule is CCCCc1nc(Cl)c(C(=O)OC(C)OC(=O)O[C@@H]2COC3C2OC[C@H]3OCCC(C)(C)C[C@@H](CO[N+](=O)[O-])O[N+](=O)[O-])n1Cc1ccc(-c2ccccc2-c2nn[nH]n2)cc1. The Labute approximate surface area is 359 Å². The molecular formula is C39H47ClN8O14. The van der Waals surface area contributed by atoms with E-state index in [-0.39, 0.29) is 43.6 Å². The summed E-state index contributed by atoms with van der Waals surface area (Å²) in [6.45, 7) is 6.99. The van der Waals surface area contributed by atoms with Crippen LogP contribution in [0.1, 0.15) is 75.3 Å². The summed E-state index contributed by atoms with van der Waals surface area (Å²) in [5, 5.41) is 33.8. The number of aromatic amines is 1. The molecule has 0 aliphatic carbocycles. The lowest BCUT2D eigenvalue weighted by Gasteiger charge is -2.29. The predicted molar refractivity (Wildman–Crippen MR) is 213 cm³/mol. The van der Waals surface area contributed by atoms with Crippen molar-refractivity contribution in [3.63, 3.8) is 0 Å². The maximum absolute atomic E-state index is 13.6. The van der Waals surface area contributed by atoms with Crippen LogP contribution in [0.25, 0.3) is 22.5 Å². The molecule has 0 radical (unpaired) electrons. The number of aromatic nitrogens is 6. The first-order valence-corrected chi connectivity index (χ1v) is 20.3. The molecule has 6 atom stereocenters. The smallest absolute Gasteiger partial charge is 0.426 e. The minimum Gasteiger partial charge on any atom is -0.426 e. The molecule has 3 unspecified atom stereocenters. The lowest BCUT2D eigenvalue weighted by molar-refractivity contribution is -0.790. The number of carbonyl (C=O) groups is 2. The molecule has 23 heteroatoms. The van der Waals surface area contributed by atoms with Gasteiger partial charge in [-0.1, -0.05) is 87.3 Å². The molecule has 6 rings (SSSR count). The zero-order chi connectivity index (χ0) is 44.4. The second-order valence-corrected chi connectivity index (χ2v) is 15.8. The molecule has 2 aliphatic rings. The molecule has 2 aromatic carbocycles. The third-order valence-corrected chi connectivity index (χ3v) is 10.6. The van der Waals surface area contributed by atoms with Crippen LogP contribution in [0.2, 0.25) is 5.15 Å². The number of fused-ring (bicyclic) bond motifs is 1. The Morgan fingerprint density at radius 1 is 1.02 bits per heavy atom. The molecule has 0 spiro atoms. The van der Waals surface area contributed by atoms with Gasteiger partial charge in [-0.05, 0) is 46.6 Å². The first-order valence-electron chi connectivity index (χ1n) is 19.9. The molecule has 2 fully saturated rings. The van der Waals surface area contributed by atoms with Gasteiger partial charge in [0, 0.05) is 32.1 Å². The Morgan fingerprint density at radius 2 is 1.73 bits per heavy atom. The van der Waals surface area contributed by atoms with Crippen LogP contribution in [-0.4, -0.2) is 116 Å². The van der Waals surface area contributed by atoms with E-state index >= 15 is 0 Å². The molecule has 0 saturated carbocycles. The highest BCUT2D eigenvalue weighted by Gasteiger charge is 2.50. The first kappa shape index (κ1) is 45.6. The normalized spacial score (nSPS) is 19.3. The van der Waals surface area contributed by atoms with E-state index in [2.05, 4.69) is 35.3 Å². The summed E-state index contributed by atoms with van der Waals surface area (Å²) in [6.07, 6.45) is -3.54. The quantitative estimate of drug-likeness (QED) is 0.0437. The van der Waals surface area contributed by atoms with Gasteiger partial charge in [-0.25, -0.2) is 14.6 Å². The maximum Gasteiger partial charge on any atom is 0.511 e. The lowest BCUT2D eigenvalue weighted by atomic mass is 9.84. The summed E-state index contributed by atoms with van der Waals surface area (Å²) in [4.78, 5) is 61.4. The summed E-state index contributed by atoms with van der Waals surface area (Å²) in [5.74, 6) is 0.211. The molecule has 4 aromatic rings. The number of benzene rings is 2. The summed E-state index contributed by atoms with van der Waals surface area (Å²) in [7, 11) is 0. The van der Waals surface area contributed by atoms with Gasteiger partial charge < -0.3 is 42.7 Å². The Hall–Kier alpha value is -5.97. The first-order chi connectivity index (χ1) is 29.7. The molecule has 62 heavy (non-hydrogen) atoms. The van der Waals surface area contributed by atoms with E-state index in [1.165, 1.54) is 6.92 Å². The van der Waals surface area contributed by atoms with Crippen LogP contribution >= 0.6 is 11.6 Å². The average molecular weight is 887 g/mol. The molecule has 2 saturated heterocycles. The highest BCUT2D eigenvalue weighted by molar-refractivity contribution is 6.32. The highest BCUT2D eigenvalue weighted by atomic mass is 35.5. The van der Waals surface area contributed by atoms with Crippen molar-refractivity contribution in [2.45, 2.75) is 103 Å². The van der Waals surface area contributed by atoms with Crippen LogP contribution in [0.4, 0.5) is 4.79 Å². The number of aryl methyl sites for hydroxylation is 1. The van der Waals surface area contributed by atoms with E-state index < -0.39 is 71.1 Å².